The summed E-state index contributed by atoms with van der Waals surface area (Å²) in [6.45, 7) is 6.69. The van der Waals surface area contributed by atoms with Crippen LogP contribution in [-0.4, -0.2) is 60.2 Å². The number of nitro groups is 1. The molecule has 4 saturated carbocycles. The highest BCUT2D eigenvalue weighted by atomic mass is 16.6. The summed E-state index contributed by atoms with van der Waals surface area (Å²) in [4.78, 5) is 40.0. The van der Waals surface area contributed by atoms with E-state index in [1.807, 2.05) is 13.8 Å². The van der Waals surface area contributed by atoms with E-state index in [9.17, 15) is 19.7 Å². The number of hydrogen-bond acceptors (Lipinski definition) is 7. The molecule has 1 aliphatic heterocycles. The van der Waals surface area contributed by atoms with E-state index in [1.165, 1.54) is 31.4 Å². The molecule has 1 aromatic carbocycles. The van der Waals surface area contributed by atoms with Crippen molar-refractivity contribution in [2.75, 3.05) is 26.3 Å². The highest BCUT2D eigenvalue weighted by Gasteiger charge is 2.55. The molecule has 5 fully saturated rings. The number of benzene rings is 1. The minimum absolute atomic E-state index is 0.0542. The number of non-ortho nitro benzene ring substituents is 1. The van der Waals surface area contributed by atoms with E-state index < -0.39 is 11.0 Å². The van der Waals surface area contributed by atoms with E-state index in [2.05, 4.69) is 26.8 Å². The molecular weight excluding hydrogens is 546 g/mol. The van der Waals surface area contributed by atoms with Gasteiger partial charge in [0.05, 0.1) is 24.4 Å². The fraction of sp³-hybridized carbons (Fsp3) is 0.606. The molecule has 10 heteroatoms. The largest absolute Gasteiger partial charge is 0.378 e. The Labute approximate surface area is 253 Å². The Kier molecular flexibility index (Phi) is 8.40. The van der Waals surface area contributed by atoms with Gasteiger partial charge in [-0.3, -0.25) is 19.7 Å². The van der Waals surface area contributed by atoms with Gasteiger partial charge in [-0.25, -0.2) is 5.43 Å². The van der Waals surface area contributed by atoms with E-state index in [-0.39, 0.29) is 28.8 Å². The van der Waals surface area contributed by atoms with E-state index in [4.69, 9.17) is 4.74 Å². The Morgan fingerprint density at radius 1 is 1.05 bits per heavy atom. The normalized spacial score (nSPS) is 30.0. The molecule has 230 valence electrons. The van der Waals surface area contributed by atoms with Crippen LogP contribution in [0.1, 0.15) is 70.8 Å². The third-order valence-electron chi connectivity index (χ3n) is 10.2. The van der Waals surface area contributed by atoms with Crippen molar-refractivity contribution in [3.8, 4) is 0 Å². The fourth-order valence-corrected chi connectivity index (χ4v) is 8.53. The first kappa shape index (κ1) is 29.5. The van der Waals surface area contributed by atoms with Crippen molar-refractivity contribution >= 4 is 29.8 Å². The molecule has 2 amide bonds. The van der Waals surface area contributed by atoms with Gasteiger partial charge in [0, 0.05) is 36.3 Å². The molecule has 4 bridgehead atoms. The third-order valence-corrected chi connectivity index (χ3v) is 10.2. The molecule has 0 aromatic heterocycles. The summed E-state index contributed by atoms with van der Waals surface area (Å²) in [5, 5.41) is 18.6. The van der Waals surface area contributed by atoms with Gasteiger partial charge in [0.2, 0.25) is 5.91 Å². The molecule has 43 heavy (non-hydrogen) atoms. The highest BCUT2D eigenvalue weighted by molar-refractivity contribution is 5.91. The second-order valence-electron chi connectivity index (χ2n) is 13.6. The zero-order valence-corrected chi connectivity index (χ0v) is 25.2. The average molecular weight is 590 g/mol. The molecule has 7 rings (SSSR count). The number of nitrogens with one attached hydrogen (secondary N) is 2. The number of nitro benzene ring substituents is 1. The number of carbonyl (C=O) groups is 2. The van der Waals surface area contributed by atoms with Gasteiger partial charge in [-0.2, -0.15) is 5.10 Å². The van der Waals surface area contributed by atoms with Crippen molar-refractivity contribution in [2.24, 2.45) is 34.2 Å². The van der Waals surface area contributed by atoms with Crippen LogP contribution in [0.3, 0.4) is 0 Å². The Balaban J connectivity index is 1.16. The predicted molar refractivity (Wildman–Crippen MR) is 164 cm³/mol. The molecule has 1 aromatic rings. The zero-order valence-electron chi connectivity index (χ0n) is 25.2. The lowest BCUT2D eigenvalue weighted by Crippen LogP contribution is -2.58. The van der Waals surface area contributed by atoms with Crippen LogP contribution < -0.4 is 10.7 Å². The molecule has 1 atom stereocenters. The molecule has 2 N–H and O–H groups in total. The van der Waals surface area contributed by atoms with Gasteiger partial charge in [0.1, 0.15) is 6.04 Å². The average Bonchev–Trinajstić information content (AvgIpc) is 3.37. The topological polar surface area (TPSA) is 126 Å². The van der Waals surface area contributed by atoms with Gasteiger partial charge in [-0.15, -0.1) is 0 Å². The van der Waals surface area contributed by atoms with Crippen LogP contribution in [0, 0.1) is 39.2 Å². The van der Waals surface area contributed by atoms with Crippen LogP contribution in [0.25, 0.3) is 6.08 Å². The number of carbonyl (C=O) groups excluding carboxylic acids is 2. The second-order valence-corrected chi connectivity index (χ2v) is 13.6. The van der Waals surface area contributed by atoms with Gasteiger partial charge in [0.25, 0.3) is 11.6 Å². The van der Waals surface area contributed by atoms with E-state index in [1.54, 1.807) is 18.3 Å². The summed E-state index contributed by atoms with van der Waals surface area (Å²) in [7, 11) is 0. The number of allylic oxidation sites excluding steroid dienone is 2. The minimum Gasteiger partial charge on any atom is -0.378 e. The highest BCUT2D eigenvalue weighted by Crippen LogP contribution is 2.60. The Hall–Kier alpha value is -3.53. The number of rotatable bonds is 9. The van der Waals surface area contributed by atoms with Crippen LogP contribution >= 0.6 is 0 Å². The molecule has 0 radical (unpaired) electrons. The van der Waals surface area contributed by atoms with Crippen LogP contribution in [0.15, 0.2) is 46.2 Å². The Morgan fingerprint density at radius 2 is 1.67 bits per heavy atom. The van der Waals surface area contributed by atoms with Crippen molar-refractivity contribution in [3.63, 3.8) is 0 Å². The van der Waals surface area contributed by atoms with Gasteiger partial charge >= 0.3 is 0 Å². The summed E-state index contributed by atoms with van der Waals surface area (Å²) >= 11 is 0. The molecule has 1 heterocycles. The van der Waals surface area contributed by atoms with Crippen molar-refractivity contribution in [3.05, 3.63) is 56.8 Å². The van der Waals surface area contributed by atoms with Crippen LogP contribution in [0.5, 0.6) is 0 Å². The maximum Gasteiger partial charge on any atom is 0.269 e. The Morgan fingerprint density at radius 3 is 2.26 bits per heavy atom. The molecular formula is C33H43N5O5. The molecule has 6 aliphatic rings. The van der Waals surface area contributed by atoms with Crippen LogP contribution in [0.4, 0.5) is 5.69 Å². The lowest BCUT2D eigenvalue weighted by atomic mass is 9.49. The zero-order chi connectivity index (χ0) is 30.1. The number of hydrogen-bond donors (Lipinski definition) is 2. The predicted octanol–water partition coefficient (Wildman–Crippen LogP) is 4.82. The smallest absolute Gasteiger partial charge is 0.269 e. The number of amides is 2. The number of nitrogens with zero attached hydrogens (tertiary/aromatic N) is 3. The van der Waals surface area contributed by atoms with Gasteiger partial charge in [-0.1, -0.05) is 13.8 Å². The molecule has 1 saturated heterocycles. The number of morpholine rings is 1. The van der Waals surface area contributed by atoms with Crippen molar-refractivity contribution in [2.45, 2.75) is 71.3 Å². The molecule has 1 unspecified atom stereocenters. The summed E-state index contributed by atoms with van der Waals surface area (Å²) in [5.74, 6) is 1.67. The lowest BCUT2D eigenvalue weighted by molar-refractivity contribution is -0.384. The Bertz CT molecular complexity index is 1310. The fourth-order valence-electron chi connectivity index (χ4n) is 8.53. The first-order valence-corrected chi connectivity index (χ1v) is 15.9. The van der Waals surface area contributed by atoms with E-state index in [0.717, 1.165) is 67.6 Å². The summed E-state index contributed by atoms with van der Waals surface area (Å²) in [6, 6.07) is 5.91. The monoisotopic (exact) mass is 589 g/mol. The van der Waals surface area contributed by atoms with E-state index >= 15 is 0 Å². The van der Waals surface area contributed by atoms with Gasteiger partial charge < -0.3 is 15.0 Å². The molecule has 5 aliphatic carbocycles. The van der Waals surface area contributed by atoms with Crippen LogP contribution in [0.2, 0.25) is 0 Å². The first-order chi connectivity index (χ1) is 20.7. The molecule has 0 spiro atoms. The maximum atomic E-state index is 13.7. The second kappa shape index (κ2) is 12.2. The van der Waals surface area contributed by atoms with E-state index in [0.29, 0.717) is 31.0 Å². The van der Waals surface area contributed by atoms with Crippen molar-refractivity contribution in [1.29, 1.82) is 0 Å². The summed E-state index contributed by atoms with van der Waals surface area (Å²) in [6.07, 6.45) is 12.1. The number of hydrazone groups is 1. The van der Waals surface area contributed by atoms with Gasteiger partial charge in [0.15, 0.2) is 0 Å². The summed E-state index contributed by atoms with van der Waals surface area (Å²) < 4.78 is 5.58. The quantitative estimate of drug-likeness (QED) is 0.242. The van der Waals surface area contributed by atoms with Crippen molar-refractivity contribution in [1.82, 2.24) is 15.6 Å². The number of ether oxygens (including phenoxy) is 1. The lowest BCUT2D eigenvalue weighted by Gasteiger charge is -2.55. The van der Waals surface area contributed by atoms with Crippen molar-refractivity contribution < 1.29 is 19.2 Å². The third kappa shape index (κ3) is 6.25. The first-order valence-electron chi connectivity index (χ1n) is 15.9. The molecule has 10 nitrogen and oxygen atoms in total. The summed E-state index contributed by atoms with van der Waals surface area (Å²) in [5.41, 5.74) is 6.62. The minimum atomic E-state index is -0.647. The SMILES string of the molecule is CC(C)C(NC(=O)C12CC3CC(CC(C3)C1)C2)C(=O)N/N=C/C1=C(N2CCOCC2)C(=C/c2ccc([N+](=O)[O-])cc2)/CC1. The van der Waals surface area contributed by atoms with Gasteiger partial charge in [-0.05, 0) is 110 Å². The van der Waals surface area contributed by atoms with Crippen LogP contribution in [-0.2, 0) is 14.3 Å². The maximum absolute atomic E-state index is 13.7. The standard InChI is InChI=1S/C33H43N5O5/c1-21(2)29(35-32(40)33-17-23-13-24(18-33)15-25(14-23)19-33)31(39)36-34-20-27-6-5-26(30(27)37-9-11-43-12-10-37)16-22-3-7-28(8-4-22)38(41)42/h3-4,7-8,16,20-21,23-25,29H,5-6,9-15,17-19H2,1-2H3,(H,35,40)(H,36,39)/b26-16+,34-20+.